The molecule has 1 amide bonds. The Bertz CT molecular complexity index is 279. The van der Waals surface area contributed by atoms with Crippen molar-refractivity contribution in [2.24, 2.45) is 17.1 Å². The monoisotopic (exact) mass is 258 g/mol. The molecule has 0 aliphatic rings. The topological polar surface area (TPSA) is 55.1 Å². The molecule has 2 unspecified atom stereocenters. The summed E-state index contributed by atoms with van der Waals surface area (Å²) in [5.41, 5.74) is 4.93. The molecule has 0 aromatic heterocycles. The third-order valence-corrected chi connectivity index (χ3v) is 3.76. The third kappa shape index (κ3) is 5.02. The summed E-state index contributed by atoms with van der Waals surface area (Å²) in [5.74, 6) is 0.603. The quantitative estimate of drug-likeness (QED) is 0.690. The summed E-state index contributed by atoms with van der Waals surface area (Å²) in [6, 6.07) is 0.171. The first-order chi connectivity index (χ1) is 7.74. The number of nitrogens with one attached hydrogen (secondary N) is 1. The number of hydrogen-bond acceptors (Lipinski definition) is 2. The molecule has 2 atom stereocenters. The lowest BCUT2D eigenvalue weighted by molar-refractivity contribution is -0.127. The first kappa shape index (κ1) is 16.4. The smallest absolute Gasteiger partial charge is 0.232 e. The largest absolute Gasteiger partial charge is 0.392 e. The highest BCUT2D eigenvalue weighted by Crippen LogP contribution is 2.22. The Morgan fingerprint density at radius 2 is 1.88 bits per heavy atom. The minimum absolute atomic E-state index is 0.0521. The van der Waals surface area contributed by atoms with Gasteiger partial charge in [-0.25, -0.2) is 0 Å². The minimum atomic E-state index is -0.721. The molecule has 100 valence electrons. The lowest BCUT2D eigenvalue weighted by Crippen LogP contribution is -2.49. The van der Waals surface area contributed by atoms with E-state index in [4.69, 9.17) is 18.0 Å². The Kier molecular flexibility index (Phi) is 6.68. The SMILES string of the molecule is CCC(C)(C(=O)NC(C)CCC(C)C)C(N)=S. The van der Waals surface area contributed by atoms with Crippen LogP contribution in [0.4, 0.5) is 0 Å². The Morgan fingerprint density at radius 1 is 1.35 bits per heavy atom. The van der Waals surface area contributed by atoms with Gasteiger partial charge in [-0.15, -0.1) is 0 Å². The molecule has 0 bridgehead atoms. The van der Waals surface area contributed by atoms with Gasteiger partial charge in [-0.1, -0.05) is 33.0 Å². The van der Waals surface area contributed by atoms with Gasteiger partial charge >= 0.3 is 0 Å². The zero-order valence-electron chi connectivity index (χ0n) is 11.7. The van der Waals surface area contributed by atoms with Crippen LogP contribution in [-0.2, 0) is 4.79 Å². The van der Waals surface area contributed by atoms with Gasteiger partial charge in [0.1, 0.15) is 0 Å². The summed E-state index contributed by atoms with van der Waals surface area (Å²) < 4.78 is 0. The van der Waals surface area contributed by atoms with Gasteiger partial charge in [0.25, 0.3) is 0 Å². The number of rotatable bonds is 7. The molecule has 0 rings (SSSR count). The summed E-state index contributed by atoms with van der Waals surface area (Å²) in [6.45, 7) is 10.1. The van der Waals surface area contributed by atoms with Crippen molar-refractivity contribution in [3.8, 4) is 0 Å². The lowest BCUT2D eigenvalue weighted by Gasteiger charge is -2.27. The number of thiocarbonyl (C=S) groups is 1. The fourth-order valence-corrected chi connectivity index (χ4v) is 1.72. The molecule has 0 aliphatic heterocycles. The second kappa shape index (κ2) is 6.94. The molecule has 0 spiro atoms. The van der Waals surface area contributed by atoms with Crippen LogP contribution in [0.2, 0.25) is 0 Å². The van der Waals surface area contributed by atoms with Gasteiger partial charge in [-0.2, -0.15) is 0 Å². The number of carbonyl (C=O) groups is 1. The van der Waals surface area contributed by atoms with Crippen molar-refractivity contribution in [2.75, 3.05) is 0 Å². The molecule has 17 heavy (non-hydrogen) atoms. The van der Waals surface area contributed by atoms with Crippen LogP contribution in [0.25, 0.3) is 0 Å². The van der Waals surface area contributed by atoms with E-state index in [9.17, 15) is 4.79 Å². The lowest BCUT2D eigenvalue weighted by atomic mass is 9.86. The molecule has 0 radical (unpaired) electrons. The summed E-state index contributed by atoms with van der Waals surface area (Å²) in [4.78, 5) is 12.4. The summed E-state index contributed by atoms with van der Waals surface area (Å²) >= 11 is 4.98. The van der Waals surface area contributed by atoms with Gasteiger partial charge < -0.3 is 11.1 Å². The Labute approximate surface area is 111 Å². The maximum Gasteiger partial charge on any atom is 0.232 e. The average molecular weight is 258 g/mol. The van der Waals surface area contributed by atoms with E-state index in [0.717, 1.165) is 12.8 Å². The van der Waals surface area contributed by atoms with Gasteiger partial charge in [0.2, 0.25) is 5.91 Å². The van der Waals surface area contributed by atoms with Crippen LogP contribution in [0, 0.1) is 11.3 Å². The van der Waals surface area contributed by atoms with Crippen LogP contribution in [0.3, 0.4) is 0 Å². The highest BCUT2D eigenvalue weighted by atomic mass is 32.1. The zero-order valence-corrected chi connectivity index (χ0v) is 12.5. The number of hydrogen-bond donors (Lipinski definition) is 2. The maximum atomic E-state index is 12.1. The Balaban J connectivity index is 4.37. The molecule has 0 saturated heterocycles. The van der Waals surface area contributed by atoms with Gasteiger partial charge in [0, 0.05) is 6.04 Å². The van der Waals surface area contributed by atoms with Crippen molar-refractivity contribution in [3.63, 3.8) is 0 Å². The molecule has 0 heterocycles. The molecule has 0 aromatic carbocycles. The van der Waals surface area contributed by atoms with Crippen molar-refractivity contribution < 1.29 is 4.79 Å². The molecule has 3 nitrogen and oxygen atoms in total. The second-order valence-electron chi connectivity index (χ2n) is 5.40. The van der Waals surface area contributed by atoms with E-state index in [1.54, 1.807) is 6.92 Å². The third-order valence-electron chi connectivity index (χ3n) is 3.31. The molecule has 0 fully saturated rings. The summed E-state index contributed by atoms with van der Waals surface area (Å²) in [6.07, 6.45) is 2.73. The zero-order chi connectivity index (χ0) is 13.6. The van der Waals surface area contributed by atoms with Crippen molar-refractivity contribution in [1.82, 2.24) is 5.32 Å². The first-order valence-electron chi connectivity index (χ1n) is 6.34. The summed E-state index contributed by atoms with van der Waals surface area (Å²) in [7, 11) is 0. The van der Waals surface area contributed by atoms with Crippen molar-refractivity contribution in [2.45, 2.75) is 59.9 Å². The van der Waals surface area contributed by atoms with Crippen LogP contribution < -0.4 is 11.1 Å². The van der Waals surface area contributed by atoms with Crippen LogP contribution in [0.1, 0.15) is 53.9 Å². The molecule has 3 N–H and O–H groups in total. The molecule has 0 aromatic rings. The normalized spacial score (nSPS) is 16.4. The highest BCUT2D eigenvalue weighted by molar-refractivity contribution is 7.80. The van der Waals surface area contributed by atoms with Gasteiger partial charge in [-0.3, -0.25) is 4.79 Å². The molecule has 0 aliphatic carbocycles. The Hall–Kier alpha value is -0.640. The Morgan fingerprint density at radius 3 is 2.24 bits per heavy atom. The molecule has 0 saturated carbocycles. The van der Waals surface area contributed by atoms with Crippen molar-refractivity contribution in [1.29, 1.82) is 0 Å². The fourth-order valence-electron chi connectivity index (χ4n) is 1.49. The molecule has 4 heteroatoms. The van der Waals surface area contributed by atoms with Crippen molar-refractivity contribution >= 4 is 23.1 Å². The van der Waals surface area contributed by atoms with Gasteiger partial charge in [-0.05, 0) is 39.0 Å². The van der Waals surface area contributed by atoms with Crippen LogP contribution in [0.5, 0.6) is 0 Å². The average Bonchev–Trinajstić information content (AvgIpc) is 2.24. The summed E-state index contributed by atoms with van der Waals surface area (Å²) in [5, 5.41) is 3.00. The van der Waals surface area contributed by atoms with E-state index in [2.05, 4.69) is 19.2 Å². The van der Waals surface area contributed by atoms with E-state index < -0.39 is 5.41 Å². The standard InChI is InChI=1S/C13H26N2OS/c1-6-13(5,11(14)17)12(16)15-10(4)8-7-9(2)3/h9-10H,6-8H2,1-5H3,(H2,14,17)(H,15,16). The predicted molar refractivity (Wildman–Crippen MR) is 76.9 cm³/mol. The van der Waals surface area contributed by atoms with E-state index in [1.807, 2.05) is 13.8 Å². The fraction of sp³-hybridized carbons (Fsp3) is 0.846. The van der Waals surface area contributed by atoms with Crippen LogP contribution in [-0.4, -0.2) is 16.9 Å². The first-order valence-corrected chi connectivity index (χ1v) is 6.75. The predicted octanol–water partition coefficient (Wildman–Crippen LogP) is 2.63. The maximum absolute atomic E-state index is 12.1. The minimum Gasteiger partial charge on any atom is -0.392 e. The van der Waals surface area contributed by atoms with Gasteiger partial charge in [0.15, 0.2) is 0 Å². The molecular weight excluding hydrogens is 232 g/mol. The number of carbonyl (C=O) groups excluding carboxylic acids is 1. The van der Waals surface area contributed by atoms with E-state index in [-0.39, 0.29) is 16.9 Å². The van der Waals surface area contributed by atoms with E-state index in [1.165, 1.54) is 0 Å². The van der Waals surface area contributed by atoms with Crippen molar-refractivity contribution in [3.05, 3.63) is 0 Å². The second-order valence-corrected chi connectivity index (χ2v) is 5.84. The van der Waals surface area contributed by atoms with E-state index >= 15 is 0 Å². The number of amides is 1. The van der Waals surface area contributed by atoms with Crippen LogP contribution in [0.15, 0.2) is 0 Å². The van der Waals surface area contributed by atoms with E-state index in [0.29, 0.717) is 12.3 Å². The highest BCUT2D eigenvalue weighted by Gasteiger charge is 2.34. The van der Waals surface area contributed by atoms with Gasteiger partial charge in [0.05, 0.1) is 10.4 Å². The number of nitrogens with two attached hydrogens (primary N) is 1. The van der Waals surface area contributed by atoms with Crippen LogP contribution >= 0.6 is 12.2 Å². The molecular formula is C13H26N2OS.